The van der Waals surface area contributed by atoms with Gasteiger partial charge in [0.1, 0.15) is 5.69 Å². The molecule has 0 spiro atoms. The van der Waals surface area contributed by atoms with E-state index in [1.54, 1.807) is 23.1 Å². The van der Waals surface area contributed by atoms with Crippen LogP contribution in [0.2, 0.25) is 0 Å². The molecule has 6 nitrogen and oxygen atoms in total. The number of rotatable bonds is 6. The fourth-order valence-corrected chi connectivity index (χ4v) is 1.63. The zero-order valence-corrected chi connectivity index (χ0v) is 10.4. The van der Waals surface area contributed by atoms with Crippen molar-refractivity contribution in [1.29, 1.82) is 0 Å². The summed E-state index contributed by atoms with van der Waals surface area (Å²) in [5.74, 6) is -0.123. The highest BCUT2D eigenvalue weighted by atomic mass is 16.1. The van der Waals surface area contributed by atoms with Crippen LogP contribution in [0.4, 0.5) is 0 Å². The Hall–Kier alpha value is -2.11. The molecule has 0 aliphatic carbocycles. The number of aryl methyl sites for hydroxylation is 2. The summed E-state index contributed by atoms with van der Waals surface area (Å²) in [4.78, 5) is 11.7. The van der Waals surface area contributed by atoms with Crippen LogP contribution in [0.5, 0.6) is 0 Å². The van der Waals surface area contributed by atoms with Gasteiger partial charge in [0, 0.05) is 38.2 Å². The van der Waals surface area contributed by atoms with Crippen LogP contribution in [0.25, 0.3) is 0 Å². The SMILES string of the molecule is CCn1ccc(C(=O)NCCCn2cccn2)n1. The van der Waals surface area contributed by atoms with Crippen molar-refractivity contribution in [3.8, 4) is 0 Å². The second-order valence-electron chi connectivity index (χ2n) is 3.94. The Morgan fingerprint density at radius 3 is 2.94 bits per heavy atom. The van der Waals surface area contributed by atoms with E-state index in [-0.39, 0.29) is 5.91 Å². The Balaban J connectivity index is 1.71. The Labute approximate surface area is 106 Å². The van der Waals surface area contributed by atoms with Gasteiger partial charge in [-0.15, -0.1) is 0 Å². The first-order valence-electron chi connectivity index (χ1n) is 6.08. The zero-order chi connectivity index (χ0) is 12.8. The van der Waals surface area contributed by atoms with Crippen molar-refractivity contribution in [3.63, 3.8) is 0 Å². The topological polar surface area (TPSA) is 64.7 Å². The smallest absolute Gasteiger partial charge is 0.271 e. The van der Waals surface area contributed by atoms with E-state index in [0.717, 1.165) is 19.5 Å². The molecule has 2 aromatic rings. The maximum Gasteiger partial charge on any atom is 0.271 e. The minimum Gasteiger partial charge on any atom is -0.351 e. The molecule has 2 rings (SSSR count). The number of amides is 1. The third kappa shape index (κ3) is 3.19. The summed E-state index contributed by atoms with van der Waals surface area (Å²) in [5.41, 5.74) is 0.468. The highest BCUT2D eigenvalue weighted by Crippen LogP contribution is 1.96. The Bertz CT molecular complexity index is 488. The van der Waals surface area contributed by atoms with Crippen molar-refractivity contribution in [3.05, 3.63) is 36.4 Å². The summed E-state index contributed by atoms with van der Waals surface area (Å²) in [6.07, 6.45) is 6.31. The second kappa shape index (κ2) is 6.00. The summed E-state index contributed by atoms with van der Waals surface area (Å²) >= 11 is 0. The zero-order valence-electron chi connectivity index (χ0n) is 10.4. The number of nitrogens with zero attached hydrogens (tertiary/aromatic N) is 4. The molecule has 96 valence electrons. The Morgan fingerprint density at radius 1 is 1.39 bits per heavy atom. The average molecular weight is 247 g/mol. The first-order chi connectivity index (χ1) is 8.79. The second-order valence-corrected chi connectivity index (χ2v) is 3.94. The molecule has 0 fully saturated rings. The Morgan fingerprint density at radius 2 is 2.28 bits per heavy atom. The number of hydrogen-bond donors (Lipinski definition) is 1. The highest BCUT2D eigenvalue weighted by molar-refractivity contribution is 5.92. The van der Waals surface area contributed by atoms with Gasteiger partial charge in [0.15, 0.2) is 0 Å². The third-order valence-electron chi connectivity index (χ3n) is 2.61. The maximum absolute atomic E-state index is 11.7. The lowest BCUT2D eigenvalue weighted by Crippen LogP contribution is -2.25. The molecule has 0 aliphatic heterocycles. The van der Waals surface area contributed by atoms with Crippen LogP contribution in [-0.4, -0.2) is 32.0 Å². The first kappa shape index (κ1) is 12.3. The summed E-state index contributed by atoms with van der Waals surface area (Å²) < 4.78 is 3.58. The lowest BCUT2D eigenvalue weighted by atomic mass is 10.3. The van der Waals surface area contributed by atoms with E-state index in [0.29, 0.717) is 12.2 Å². The molecule has 0 unspecified atom stereocenters. The van der Waals surface area contributed by atoms with Gasteiger partial charge in [-0.3, -0.25) is 14.2 Å². The van der Waals surface area contributed by atoms with E-state index in [2.05, 4.69) is 15.5 Å². The van der Waals surface area contributed by atoms with Gasteiger partial charge in [-0.1, -0.05) is 0 Å². The third-order valence-corrected chi connectivity index (χ3v) is 2.61. The van der Waals surface area contributed by atoms with Crippen LogP contribution in [0.1, 0.15) is 23.8 Å². The minimum absolute atomic E-state index is 0.123. The van der Waals surface area contributed by atoms with Gasteiger partial charge in [-0.05, 0) is 25.5 Å². The van der Waals surface area contributed by atoms with Crippen molar-refractivity contribution in [2.75, 3.05) is 6.54 Å². The molecule has 2 aromatic heterocycles. The van der Waals surface area contributed by atoms with E-state index in [9.17, 15) is 4.79 Å². The summed E-state index contributed by atoms with van der Waals surface area (Å²) in [6, 6.07) is 3.61. The van der Waals surface area contributed by atoms with E-state index in [4.69, 9.17) is 0 Å². The molecule has 0 saturated carbocycles. The van der Waals surface area contributed by atoms with E-state index in [1.807, 2.05) is 23.9 Å². The van der Waals surface area contributed by atoms with E-state index < -0.39 is 0 Å². The fraction of sp³-hybridized carbons (Fsp3) is 0.417. The molecule has 0 aliphatic rings. The molecule has 0 atom stereocenters. The predicted octanol–water partition coefficient (Wildman–Crippen LogP) is 0.920. The van der Waals surface area contributed by atoms with Crippen LogP contribution < -0.4 is 5.32 Å². The molecule has 0 bridgehead atoms. The molecule has 0 saturated heterocycles. The molecule has 1 amide bonds. The van der Waals surface area contributed by atoms with Crippen molar-refractivity contribution in [1.82, 2.24) is 24.9 Å². The van der Waals surface area contributed by atoms with Crippen molar-refractivity contribution in [2.45, 2.75) is 26.4 Å². The van der Waals surface area contributed by atoms with Gasteiger partial charge >= 0.3 is 0 Å². The lowest BCUT2D eigenvalue weighted by molar-refractivity contribution is 0.0947. The molecular weight excluding hydrogens is 230 g/mol. The van der Waals surface area contributed by atoms with Gasteiger partial charge in [0.25, 0.3) is 5.91 Å². The average Bonchev–Trinajstić information content (AvgIpc) is 3.05. The largest absolute Gasteiger partial charge is 0.351 e. The predicted molar refractivity (Wildman–Crippen MR) is 67.1 cm³/mol. The van der Waals surface area contributed by atoms with E-state index >= 15 is 0 Å². The molecule has 0 aromatic carbocycles. The number of hydrogen-bond acceptors (Lipinski definition) is 3. The molecule has 2 heterocycles. The normalized spacial score (nSPS) is 10.5. The number of nitrogens with one attached hydrogen (secondary N) is 1. The molecule has 6 heteroatoms. The first-order valence-corrected chi connectivity index (χ1v) is 6.08. The maximum atomic E-state index is 11.7. The fourth-order valence-electron chi connectivity index (χ4n) is 1.63. The van der Waals surface area contributed by atoms with Crippen LogP contribution >= 0.6 is 0 Å². The number of aromatic nitrogens is 4. The van der Waals surface area contributed by atoms with Gasteiger partial charge < -0.3 is 5.32 Å². The van der Waals surface area contributed by atoms with Gasteiger partial charge in [-0.25, -0.2) is 0 Å². The molecule has 1 N–H and O–H groups in total. The van der Waals surface area contributed by atoms with E-state index in [1.165, 1.54) is 0 Å². The van der Waals surface area contributed by atoms with Gasteiger partial charge in [0.05, 0.1) is 0 Å². The van der Waals surface area contributed by atoms with Crippen molar-refractivity contribution in [2.24, 2.45) is 0 Å². The minimum atomic E-state index is -0.123. The standard InChI is InChI=1S/C12H17N5O/c1-2-16-10-5-11(15-16)12(18)13-6-3-8-17-9-4-7-14-17/h4-5,7,9-10H,2-3,6,8H2,1H3,(H,13,18). The molecular formula is C12H17N5O. The highest BCUT2D eigenvalue weighted by Gasteiger charge is 2.07. The molecule has 18 heavy (non-hydrogen) atoms. The summed E-state index contributed by atoms with van der Waals surface area (Å²) in [7, 11) is 0. The van der Waals surface area contributed by atoms with Crippen LogP contribution in [-0.2, 0) is 13.1 Å². The van der Waals surface area contributed by atoms with Gasteiger partial charge in [-0.2, -0.15) is 10.2 Å². The Kier molecular flexibility index (Phi) is 4.11. The van der Waals surface area contributed by atoms with Crippen molar-refractivity contribution < 1.29 is 4.79 Å². The molecule has 0 radical (unpaired) electrons. The van der Waals surface area contributed by atoms with Crippen LogP contribution in [0.15, 0.2) is 30.7 Å². The monoisotopic (exact) mass is 247 g/mol. The van der Waals surface area contributed by atoms with Crippen LogP contribution in [0.3, 0.4) is 0 Å². The quantitative estimate of drug-likeness (QED) is 0.772. The lowest BCUT2D eigenvalue weighted by Gasteiger charge is -2.03. The van der Waals surface area contributed by atoms with Crippen molar-refractivity contribution >= 4 is 5.91 Å². The summed E-state index contributed by atoms with van der Waals surface area (Å²) in [6.45, 7) is 4.18. The van der Waals surface area contributed by atoms with Crippen LogP contribution in [0, 0.1) is 0 Å². The summed E-state index contributed by atoms with van der Waals surface area (Å²) in [5, 5.41) is 11.1. The van der Waals surface area contributed by atoms with Gasteiger partial charge in [0.2, 0.25) is 0 Å². The number of carbonyl (C=O) groups is 1. The number of carbonyl (C=O) groups excluding carboxylic acids is 1.